The van der Waals surface area contributed by atoms with Crippen molar-refractivity contribution in [3.05, 3.63) is 57.4 Å². The number of nitro groups is 1. The highest BCUT2D eigenvalue weighted by Gasteiger charge is 2.18. The Hall–Kier alpha value is -3.49. The second-order valence-electron chi connectivity index (χ2n) is 4.91. The lowest BCUT2D eigenvalue weighted by molar-refractivity contribution is -0.385. The number of amides is 1. The molecule has 0 bridgehead atoms. The predicted octanol–water partition coefficient (Wildman–Crippen LogP) is 2.08. The number of pyridine rings is 1. The molecule has 0 atom stereocenters. The second-order valence-corrected chi connectivity index (χ2v) is 4.91. The standard InChI is InChI=1S/C16H16N4O5/c1-10-4-5-11(8-17-10)16(21)19-18-9-12-6-13(20(22)23)15(25-3)7-14(12)24-2/h4-9H,1-3H3,(H,19,21). The van der Waals surface area contributed by atoms with Crippen molar-refractivity contribution in [2.75, 3.05) is 14.2 Å². The summed E-state index contributed by atoms with van der Waals surface area (Å²) in [7, 11) is 2.74. The van der Waals surface area contributed by atoms with Gasteiger partial charge in [-0.1, -0.05) is 0 Å². The van der Waals surface area contributed by atoms with E-state index in [0.717, 1.165) is 5.69 Å². The van der Waals surface area contributed by atoms with Gasteiger partial charge >= 0.3 is 5.69 Å². The zero-order valence-corrected chi connectivity index (χ0v) is 13.8. The maximum Gasteiger partial charge on any atom is 0.311 e. The minimum Gasteiger partial charge on any atom is -0.496 e. The summed E-state index contributed by atoms with van der Waals surface area (Å²) < 4.78 is 10.1. The predicted molar refractivity (Wildman–Crippen MR) is 90.2 cm³/mol. The molecule has 25 heavy (non-hydrogen) atoms. The zero-order chi connectivity index (χ0) is 18.4. The van der Waals surface area contributed by atoms with E-state index in [0.29, 0.717) is 16.9 Å². The van der Waals surface area contributed by atoms with E-state index in [1.807, 2.05) is 6.92 Å². The molecule has 0 aliphatic heterocycles. The number of methoxy groups -OCH3 is 2. The van der Waals surface area contributed by atoms with Crippen LogP contribution in [0.15, 0.2) is 35.6 Å². The molecule has 0 aliphatic carbocycles. The molecule has 0 radical (unpaired) electrons. The number of rotatable bonds is 6. The van der Waals surface area contributed by atoms with Crippen LogP contribution in [0, 0.1) is 17.0 Å². The van der Waals surface area contributed by atoms with E-state index in [4.69, 9.17) is 9.47 Å². The molecule has 9 nitrogen and oxygen atoms in total. The molecule has 0 unspecified atom stereocenters. The third-order valence-corrected chi connectivity index (χ3v) is 3.27. The zero-order valence-electron chi connectivity index (χ0n) is 13.8. The molecule has 0 aliphatic rings. The summed E-state index contributed by atoms with van der Waals surface area (Å²) in [6.45, 7) is 1.81. The number of nitro benzene ring substituents is 1. The van der Waals surface area contributed by atoms with Crippen molar-refractivity contribution in [2.45, 2.75) is 6.92 Å². The van der Waals surface area contributed by atoms with Crippen LogP contribution in [0.4, 0.5) is 5.69 Å². The number of aromatic nitrogens is 1. The summed E-state index contributed by atoms with van der Waals surface area (Å²) in [5, 5.41) is 14.9. The molecule has 0 spiro atoms. The van der Waals surface area contributed by atoms with Crippen molar-refractivity contribution in [3.63, 3.8) is 0 Å². The maximum atomic E-state index is 12.0. The number of hydrogen-bond acceptors (Lipinski definition) is 7. The lowest BCUT2D eigenvalue weighted by Gasteiger charge is -2.08. The van der Waals surface area contributed by atoms with E-state index in [1.54, 1.807) is 12.1 Å². The first kappa shape index (κ1) is 17.9. The monoisotopic (exact) mass is 344 g/mol. The Morgan fingerprint density at radius 2 is 2.00 bits per heavy atom. The molecule has 0 fully saturated rings. The molecule has 2 rings (SSSR count). The molecule has 1 aromatic carbocycles. The lowest BCUT2D eigenvalue weighted by atomic mass is 10.1. The highest BCUT2D eigenvalue weighted by Crippen LogP contribution is 2.33. The minimum atomic E-state index is -0.577. The Labute approximate surface area is 143 Å². The molecule has 1 N–H and O–H groups in total. The van der Waals surface area contributed by atoms with E-state index in [-0.39, 0.29) is 11.4 Å². The van der Waals surface area contributed by atoms with Crippen LogP contribution in [-0.4, -0.2) is 36.2 Å². The summed E-state index contributed by atoms with van der Waals surface area (Å²) in [5.74, 6) is -0.0723. The molecule has 1 amide bonds. The van der Waals surface area contributed by atoms with Gasteiger partial charge in [0.15, 0.2) is 0 Å². The summed E-state index contributed by atoms with van der Waals surface area (Å²) in [4.78, 5) is 26.5. The van der Waals surface area contributed by atoms with Crippen LogP contribution in [0.1, 0.15) is 21.6 Å². The Balaban J connectivity index is 2.22. The normalized spacial score (nSPS) is 10.5. The van der Waals surface area contributed by atoms with Gasteiger partial charge in [0, 0.05) is 29.6 Å². The number of nitrogens with one attached hydrogen (secondary N) is 1. The highest BCUT2D eigenvalue weighted by molar-refractivity contribution is 5.95. The van der Waals surface area contributed by atoms with Crippen molar-refractivity contribution < 1.29 is 19.2 Å². The molecule has 0 saturated carbocycles. The average molecular weight is 344 g/mol. The van der Waals surface area contributed by atoms with Crippen molar-refractivity contribution in [1.29, 1.82) is 0 Å². The first-order chi connectivity index (χ1) is 12.0. The number of hydrazone groups is 1. The van der Waals surface area contributed by atoms with Gasteiger partial charge in [0.05, 0.1) is 30.9 Å². The average Bonchev–Trinajstić information content (AvgIpc) is 2.61. The Bertz CT molecular complexity index is 818. The molecule has 1 aromatic heterocycles. The van der Waals surface area contributed by atoms with Gasteiger partial charge in [0.2, 0.25) is 5.75 Å². The van der Waals surface area contributed by atoms with Crippen LogP contribution in [0.5, 0.6) is 11.5 Å². The fourth-order valence-electron chi connectivity index (χ4n) is 1.98. The topological polar surface area (TPSA) is 116 Å². The van der Waals surface area contributed by atoms with Gasteiger partial charge in [0.1, 0.15) is 5.75 Å². The van der Waals surface area contributed by atoms with Gasteiger partial charge in [-0.2, -0.15) is 5.10 Å². The van der Waals surface area contributed by atoms with Crippen LogP contribution in [0.2, 0.25) is 0 Å². The van der Waals surface area contributed by atoms with Gasteiger partial charge in [-0.25, -0.2) is 5.43 Å². The largest absolute Gasteiger partial charge is 0.496 e. The van der Waals surface area contributed by atoms with Crippen LogP contribution >= 0.6 is 0 Å². The molecular formula is C16H16N4O5. The first-order valence-electron chi connectivity index (χ1n) is 7.12. The Morgan fingerprint density at radius 1 is 1.28 bits per heavy atom. The van der Waals surface area contributed by atoms with Crippen molar-refractivity contribution >= 4 is 17.8 Å². The number of carbonyl (C=O) groups is 1. The summed E-state index contributed by atoms with van der Waals surface area (Å²) in [6.07, 6.45) is 2.68. The number of benzene rings is 1. The lowest BCUT2D eigenvalue weighted by Crippen LogP contribution is -2.17. The maximum absolute atomic E-state index is 12.0. The van der Waals surface area contributed by atoms with E-state index in [1.165, 1.54) is 38.8 Å². The molecule has 9 heteroatoms. The summed E-state index contributed by atoms with van der Waals surface area (Å²) in [5.41, 5.74) is 3.54. The van der Waals surface area contributed by atoms with E-state index in [2.05, 4.69) is 15.5 Å². The molecular weight excluding hydrogens is 328 g/mol. The summed E-state index contributed by atoms with van der Waals surface area (Å²) >= 11 is 0. The molecule has 130 valence electrons. The SMILES string of the molecule is COc1cc(OC)c([N+](=O)[O-])cc1C=NNC(=O)c1ccc(C)nc1. The van der Waals surface area contributed by atoms with Crippen LogP contribution in [-0.2, 0) is 0 Å². The number of hydrogen-bond donors (Lipinski definition) is 1. The van der Waals surface area contributed by atoms with Crippen LogP contribution in [0.3, 0.4) is 0 Å². The van der Waals surface area contributed by atoms with Gasteiger partial charge in [0.25, 0.3) is 5.91 Å². The van der Waals surface area contributed by atoms with Gasteiger partial charge in [-0.05, 0) is 19.1 Å². The molecule has 0 saturated heterocycles. The third kappa shape index (κ3) is 4.28. The van der Waals surface area contributed by atoms with E-state index in [9.17, 15) is 14.9 Å². The van der Waals surface area contributed by atoms with E-state index >= 15 is 0 Å². The van der Waals surface area contributed by atoms with Gasteiger partial charge < -0.3 is 9.47 Å². The number of ether oxygens (including phenoxy) is 2. The van der Waals surface area contributed by atoms with Crippen molar-refractivity contribution in [1.82, 2.24) is 10.4 Å². The Kier molecular flexibility index (Phi) is 5.62. The molecule has 2 aromatic rings. The second kappa shape index (κ2) is 7.86. The Morgan fingerprint density at radius 3 is 2.56 bits per heavy atom. The quantitative estimate of drug-likeness (QED) is 0.487. The van der Waals surface area contributed by atoms with Crippen molar-refractivity contribution in [3.8, 4) is 11.5 Å². The van der Waals surface area contributed by atoms with E-state index < -0.39 is 10.8 Å². The summed E-state index contributed by atoms with van der Waals surface area (Å²) in [6, 6.07) is 5.95. The number of carbonyl (C=O) groups excluding carboxylic acids is 1. The number of aryl methyl sites for hydroxylation is 1. The minimum absolute atomic E-state index is 0.0637. The fraction of sp³-hybridized carbons (Fsp3) is 0.188. The van der Waals surface area contributed by atoms with Crippen molar-refractivity contribution in [2.24, 2.45) is 5.10 Å². The molecule has 1 heterocycles. The van der Waals surface area contributed by atoms with Gasteiger partial charge in [-0.3, -0.25) is 19.9 Å². The van der Waals surface area contributed by atoms with Crippen LogP contribution in [0.25, 0.3) is 0 Å². The van der Waals surface area contributed by atoms with Crippen LogP contribution < -0.4 is 14.9 Å². The number of nitrogens with zero attached hydrogens (tertiary/aromatic N) is 3. The fourth-order valence-corrected chi connectivity index (χ4v) is 1.98. The smallest absolute Gasteiger partial charge is 0.311 e. The highest BCUT2D eigenvalue weighted by atomic mass is 16.6. The van der Waals surface area contributed by atoms with Gasteiger partial charge in [-0.15, -0.1) is 0 Å². The third-order valence-electron chi connectivity index (χ3n) is 3.27. The first-order valence-corrected chi connectivity index (χ1v) is 7.12.